The Labute approximate surface area is 129 Å². The largest absolute Gasteiger partial charge is 0.396 e. The smallest absolute Gasteiger partial charge is 0.234 e. The number of aliphatic hydroxyl groups is 1. The Morgan fingerprint density at radius 1 is 1.29 bits per heavy atom. The zero-order chi connectivity index (χ0) is 15.2. The second kappa shape index (κ2) is 8.14. The minimum atomic E-state index is 0.162. The number of hydrogen-bond acceptors (Lipinski definition) is 3. The fraction of sp³-hybridized carbons (Fsp3) is 0.941. The van der Waals surface area contributed by atoms with Gasteiger partial charge in [-0.25, -0.2) is 0 Å². The molecule has 0 spiro atoms. The van der Waals surface area contributed by atoms with Crippen molar-refractivity contribution >= 4 is 5.91 Å². The number of carbonyl (C=O) groups excluding carboxylic acids is 1. The molecule has 4 unspecified atom stereocenters. The summed E-state index contributed by atoms with van der Waals surface area (Å²) in [6.07, 6.45) is 8.45. The van der Waals surface area contributed by atoms with Crippen LogP contribution in [-0.4, -0.2) is 48.7 Å². The van der Waals surface area contributed by atoms with Crippen LogP contribution in [0.3, 0.4) is 0 Å². The van der Waals surface area contributed by atoms with E-state index in [1.54, 1.807) is 0 Å². The van der Waals surface area contributed by atoms with Gasteiger partial charge < -0.3 is 10.4 Å². The molecule has 4 heteroatoms. The summed E-state index contributed by atoms with van der Waals surface area (Å²) in [5, 5.41) is 12.0. The number of amides is 1. The van der Waals surface area contributed by atoms with Crippen molar-refractivity contribution in [2.75, 3.05) is 26.7 Å². The number of nitrogens with one attached hydrogen (secondary N) is 1. The average molecular weight is 296 g/mol. The Kier molecular flexibility index (Phi) is 6.49. The first-order valence-corrected chi connectivity index (χ1v) is 8.69. The molecule has 0 aromatic heterocycles. The van der Waals surface area contributed by atoms with Crippen LogP contribution in [-0.2, 0) is 4.79 Å². The minimum Gasteiger partial charge on any atom is -0.396 e. The molecule has 2 N–H and O–H groups in total. The van der Waals surface area contributed by atoms with Crippen molar-refractivity contribution in [3.05, 3.63) is 0 Å². The fourth-order valence-corrected chi connectivity index (χ4v) is 4.31. The van der Waals surface area contributed by atoms with Gasteiger partial charge in [0.05, 0.1) is 6.54 Å². The van der Waals surface area contributed by atoms with Crippen LogP contribution in [0, 0.1) is 17.8 Å². The van der Waals surface area contributed by atoms with E-state index >= 15 is 0 Å². The average Bonchev–Trinajstić information content (AvgIpc) is 3.06. The Bertz CT molecular complexity index is 335. The predicted octanol–water partition coefficient (Wildman–Crippen LogP) is 2.02. The maximum atomic E-state index is 12.1. The molecule has 2 saturated carbocycles. The molecule has 0 aromatic rings. The molecule has 4 nitrogen and oxygen atoms in total. The molecule has 0 aromatic carbocycles. The van der Waals surface area contributed by atoms with Crippen LogP contribution in [0.5, 0.6) is 0 Å². The molecule has 1 amide bonds. The monoisotopic (exact) mass is 296 g/mol. The number of likely N-dealkylation sites (N-methyl/N-ethyl adjacent to an activating group) is 1. The third-order valence-electron chi connectivity index (χ3n) is 5.44. The number of rotatable bonds is 9. The molecule has 0 radical (unpaired) electrons. The lowest BCUT2D eigenvalue weighted by molar-refractivity contribution is -0.123. The van der Waals surface area contributed by atoms with E-state index in [9.17, 15) is 4.79 Å². The lowest BCUT2D eigenvalue weighted by atomic mass is 9.84. The van der Waals surface area contributed by atoms with E-state index < -0.39 is 0 Å². The summed E-state index contributed by atoms with van der Waals surface area (Å²) in [5.41, 5.74) is 0. The zero-order valence-electron chi connectivity index (χ0n) is 13.7. The van der Waals surface area contributed by atoms with Crippen LogP contribution in [0.1, 0.15) is 51.9 Å². The summed E-state index contributed by atoms with van der Waals surface area (Å²) >= 11 is 0. The highest BCUT2D eigenvalue weighted by atomic mass is 16.2. The maximum Gasteiger partial charge on any atom is 0.234 e. The van der Waals surface area contributed by atoms with Gasteiger partial charge in [-0.3, -0.25) is 9.69 Å². The van der Waals surface area contributed by atoms with Crippen LogP contribution in [0.2, 0.25) is 0 Å². The van der Waals surface area contributed by atoms with E-state index in [-0.39, 0.29) is 12.5 Å². The second-order valence-corrected chi connectivity index (χ2v) is 7.22. The first kappa shape index (κ1) is 16.8. The molecule has 21 heavy (non-hydrogen) atoms. The van der Waals surface area contributed by atoms with Gasteiger partial charge in [-0.1, -0.05) is 6.42 Å². The maximum absolute atomic E-state index is 12.1. The summed E-state index contributed by atoms with van der Waals surface area (Å²) in [4.78, 5) is 14.2. The molecule has 0 heterocycles. The highest BCUT2D eigenvalue weighted by molar-refractivity contribution is 5.78. The van der Waals surface area contributed by atoms with Crippen LogP contribution >= 0.6 is 0 Å². The Balaban J connectivity index is 1.62. The van der Waals surface area contributed by atoms with Crippen LogP contribution < -0.4 is 5.32 Å². The molecule has 0 saturated heterocycles. The van der Waals surface area contributed by atoms with E-state index in [2.05, 4.69) is 17.1 Å². The minimum absolute atomic E-state index is 0.162. The van der Waals surface area contributed by atoms with Crippen molar-refractivity contribution in [2.24, 2.45) is 17.8 Å². The van der Waals surface area contributed by atoms with Gasteiger partial charge >= 0.3 is 0 Å². The first-order valence-electron chi connectivity index (χ1n) is 8.69. The molecule has 122 valence electrons. The quantitative estimate of drug-likeness (QED) is 0.640. The summed E-state index contributed by atoms with van der Waals surface area (Å²) in [7, 11) is 2.00. The van der Waals surface area contributed by atoms with Crippen molar-refractivity contribution in [2.45, 2.75) is 57.9 Å². The number of nitrogens with zero attached hydrogens (tertiary/aromatic N) is 1. The van der Waals surface area contributed by atoms with Gasteiger partial charge in [-0.15, -0.1) is 0 Å². The number of carbonyl (C=O) groups is 1. The topological polar surface area (TPSA) is 52.6 Å². The number of fused-ring (bicyclic) bond motifs is 2. The third kappa shape index (κ3) is 4.96. The van der Waals surface area contributed by atoms with E-state index in [1.807, 2.05) is 7.05 Å². The van der Waals surface area contributed by atoms with Crippen LogP contribution in [0.4, 0.5) is 0 Å². The Morgan fingerprint density at radius 3 is 2.71 bits per heavy atom. The van der Waals surface area contributed by atoms with Crippen molar-refractivity contribution in [3.8, 4) is 0 Å². The number of hydrogen-bond donors (Lipinski definition) is 2. The summed E-state index contributed by atoms with van der Waals surface area (Å²) in [6.45, 7) is 3.87. The van der Waals surface area contributed by atoms with Crippen LogP contribution in [0.15, 0.2) is 0 Å². The van der Waals surface area contributed by atoms with Gasteiger partial charge in [0.2, 0.25) is 5.91 Å². The van der Waals surface area contributed by atoms with Gasteiger partial charge in [0, 0.05) is 12.6 Å². The Morgan fingerprint density at radius 2 is 2.10 bits per heavy atom. The summed E-state index contributed by atoms with van der Waals surface area (Å²) in [5.74, 6) is 2.67. The van der Waals surface area contributed by atoms with Gasteiger partial charge in [-0.05, 0) is 76.8 Å². The molecular weight excluding hydrogens is 264 g/mol. The number of unbranched alkanes of at least 4 members (excludes halogenated alkanes) is 2. The first-order chi connectivity index (χ1) is 10.1. The summed E-state index contributed by atoms with van der Waals surface area (Å²) < 4.78 is 0. The Hall–Kier alpha value is -0.610. The van der Waals surface area contributed by atoms with Gasteiger partial charge in [-0.2, -0.15) is 0 Å². The van der Waals surface area contributed by atoms with Crippen molar-refractivity contribution in [3.63, 3.8) is 0 Å². The summed E-state index contributed by atoms with van der Waals surface area (Å²) in [6, 6.07) is 0.329. The molecule has 2 fully saturated rings. The standard InChI is InChI=1S/C17H32N2O2/c1-13(16-11-14-6-7-15(16)10-14)18-17(21)12-19(2)8-4-3-5-9-20/h13-16,20H,3-12H2,1-2H3,(H,18,21). The second-order valence-electron chi connectivity index (χ2n) is 7.22. The zero-order valence-corrected chi connectivity index (χ0v) is 13.7. The molecule has 4 atom stereocenters. The molecule has 0 aliphatic heterocycles. The van der Waals surface area contributed by atoms with E-state index in [1.165, 1.54) is 25.7 Å². The normalized spacial score (nSPS) is 29.0. The van der Waals surface area contributed by atoms with E-state index in [4.69, 9.17) is 5.11 Å². The van der Waals surface area contributed by atoms with Crippen molar-refractivity contribution < 1.29 is 9.90 Å². The lowest BCUT2D eigenvalue weighted by Gasteiger charge is -2.29. The lowest BCUT2D eigenvalue weighted by Crippen LogP contribution is -2.44. The predicted molar refractivity (Wildman–Crippen MR) is 85.0 cm³/mol. The molecular formula is C17H32N2O2. The molecule has 2 bridgehead atoms. The number of aliphatic hydroxyl groups excluding tert-OH is 1. The SMILES string of the molecule is CC(NC(=O)CN(C)CCCCCO)C1CC2CCC1C2. The fourth-order valence-electron chi connectivity index (χ4n) is 4.31. The molecule has 2 aliphatic rings. The third-order valence-corrected chi connectivity index (χ3v) is 5.44. The van der Waals surface area contributed by atoms with Crippen molar-refractivity contribution in [1.29, 1.82) is 0 Å². The highest BCUT2D eigenvalue weighted by Crippen LogP contribution is 2.49. The van der Waals surface area contributed by atoms with Gasteiger partial charge in [0.25, 0.3) is 0 Å². The van der Waals surface area contributed by atoms with E-state index in [0.717, 1.165) is 37.6 Å². The van der Waals surface area contributed by atoms with Gasteiger partial charge in [0.15, 0.2) is 0 Å². The van der Waals surface area contributed by atoms with E-state index in [0.29, 0.717) is 18.5 Å². The highest BCUT2D eigenvalue weighted by Gasteiger charge is 2.42. The van der Waals surface area contributed by atoms with Crippen LogP contribution in [0.25, 0.3) is 0 Å². The van der Waals surface area contributed by atoms with Gasteiger partial charge in [0.1, 0.15) is 0 Å². The van der Waals surface area contributed by atoms with Crippen molar-refractivity contribution in [1.82, 2.24) is 10.2 Å². The molecule has 2 aliphatic carbocycles. The molecule has 2 rings (SSSR count).